The maximum absolute atomic E-state index is 10.7. The van der Waals surface area contributed by atoms with E-state index < -0.39 is 4.92 Å². The molecule has 0 fully saturated rings. The number of hydrazine groups is 1. The number of non-ortho nitro benzene ring substituents is 1. The first kappa shape index (κ1) is 15.2. The van der Waals surface area contributed by atoms with Crippen LogP contribution in [0.4, 0.5) is 11.5 Å². The van der Waals surface area contributed by atoms with Crippen LogP contribution in [0.2, 0.25) is 10.0 Å². The number of hydrogen-bond donors (Lipinski definition) is 2. The summed E-state index contributed by atoms with van der Waals surface area (Å²) in [5, 5.41) is 10.7. The third kappa shape index (κ3) is 3.48. The first-order valence-electron chi connectivity index (χ1n) is 5.54. The number of nitrogens with zero attached hydrogens (tertiary/aromatic N) is 3. The normalized spacial score (nSPS) is 10.3. The average Bonchev–Trinajstić information content (AvgIpc) is 2.41. The predicted octanol–water partition coefficient (Wildman–Crippen LogP) is 3.08. The topological polar surface area (TPSA) is 116 Å². The molecular formula is C11H9Cl2N5O3. The van der Waals surface area contributed by atoms with Crippen molar-refractivity contribution < 1.29 is 9.66 Å². The Kier molecular flexibility index (Phi) is 4.41. The number of hydrogen-bond acceptors (Lipinski definition) is 7. The van der Waals surface area contributed by atoms with E-state index in [9.17, 15) is 10.1 Å². The number of aryl methyl sites for hydroxylation is 1. The molecule has 1 aromatic carbocycles. The minimum Gasteiger partial charge on any atom is -0.436 e. The number of nitrogens with two attached hydrogens (primary N) is 1. The maximum Gasteiger partial charge on any atom is 0.272 e. The number of benzene rings is 1. The van der Waals surface area contributed by atoms with Crippen molar-refractivity contribution in [1.82, 2.24) is 9.97 Å². The second kappa shape index (κ2) is 6.08. The van der Waals surface area contributed by atoms with E-state index >= 15 is 0 Å². The zero-order chi connectivity index (χ0) is 15.6. The van der Waals surface area contributed by atoms with Gasteiger partial charge in [0, 0.05) is 18.2 Å². The van der Waals surface area contributed by atoms with E-state index in [2.05, 4.69) is 15.4 Å². The van der Waals surface area contributed by atoms with Crippen molar-refractivity contribution in [1.29, 1.82) is 0 Å². The van der Waals surface area contributed by atoms with Crippen LogP contribution in [0, 0.1) is 17.0 Å². The van der Waals surface area contributed by atoms with Gasteiger partial charge in [-0.1, -0.05) is 23.2 Å². The lowest BCUT2D eigenvalue weighted by molar-refractivity contribution is -0.384. The Labute approximate surface area is 129 Å². The van der Waals surface area contributed by atoms with E-state index in [-0.39, 0.29) is 27.4 Å². The van der Waals surface area contributed by atoms with Crippen molar-refractivity contribution in [2.24, 2.45) is 5.84 Å². The molecule has 0 saturated heterocycles. The summed E-state index contributed by atoms with van der Waals surface area (Å²) in [5.41, 5.74) is 2.13. The molecule has 0 aliphatic carbocycles. The number of nitro groups is 1. The molecule has 2 rings (SSSR count). The van der Waals surface area contributed by atoms with Gasteiger partial charge in [-0.05, 0) is 6.92 Å². The van der Waals surface area contributed by atoms with Gasteiger partial charge in [0.2, 0.25) is 5.88 Å². The number of aromatic nitrogens is 2. The molecule has 10 heteroatoms. The van der Waals surface area contributed by atoms with E-state index in [1.165, 1.54) is 6.07 Å². The third-order valence-corrected chi connectivity index (χ3v) is 2.92. The van der Waals surface area contributed by atoms with Crippen molar-refractivity contribution in [3.63, 3.8) is 0 Å². The molecule has 0 atom stereocenters. The van der Waals surface area contributed by atoms with Gasteiger partial charge in [0.15, 0.2) is 5.75 Å². The molecule has 0 aliphatic heterocycles. The van der Waals surface area contributed by atoms with Gasteiger partial charge < -0.3 is 10.2 Å². The number of nitrogen functional groups attached to an aromatic ring is 1. The SMILES string of the molecule is Cc1nc(NN)cc(Oc2c(Cl)cc([N+](=O)[O-])cc2Cl)n1. The van der Waals surface area contributed by atoms with E-state index in [0.29, 0.717) is 11.6 Å². The molecule has 0 saturated carbocycles. The maximum atomic E-state index is 10.7. The van der Waals surface area contributed by atoms with Crippen LogP contribution in [0.5, 0.6) is 11.6 Å². The van der Waals surface area contributed by atoms with Gasteiger partial charge in [-0.2, -0.15) is 4.98 Å². The van der Waals surface area contributed by atoms with Crippen LogP contribution in [0.3, 0.4) is 0 Å². The lowest BCUT2D eigenvalue weighted by Crippen LogP contribution is -2.09. The molecule has 110 valence electrons. The number of ether oxygens (including phenoxy) is 1. The molecule has 1 heterocycles. The van der Waals surface area contributed by atoms with Gasteiger partial charge in [0.05, 0.1) is 15.0 Å². The summed E-state index contributed by atoms with van der Waals surface area (Å²) in [4.78, 5) is 18.1. The zero-order valence-corrected chi connectivity index (χ0v) is 12.1. The van der Waals surface area contributed by atoms with Crippen molar-refractivity contribution in [2.45, 2.75) is 6.92 Å². The summed E-state index contributed by atoms with van der Waals surface area (Å²) < 4.78 is 5.46. The smallest absolute Gasteiger partial charge is 0.272 e. The summed E-state index contributed by atoms with van der Waals surface area (Å²) in [6.45, 7) is 1.65. The van der Waals surface area contributed by atoms with Gasteiger partial charge in [-0.25, -0.2) is 10.8 Å². The summed E-state index contributed by atoms with van der Waals surface area (Å²) in [6.07, 6.45) is 0. The van der Waals surface area contributed by atoms with E-state index in [1.807, 2.05) is 0 Å². The van der Waals surface area contributed by atoms with Gasteiger partial charge in [-0.15, -0.1) is 0 Å². The summed E-state index contributed by atoms with van der Waals surface area (Å²) >= 11 is 11.9. The molecule has 0 aliphatic rings. The highest BCUT2D eigenvalue weighted by Crippen LogP contribution is 2.39. The minimum absolute atomic E-state index is 0.00674. The first-order chi connectivity index (χ1) is 9.90. The van der Waals surface area contributed by atoms with Crippen LogP contribution in [0.1, 0.15) is 5.82 Å². The molecule has 8 nitrogen and oxygen atoms in total. The minimum atomic E-state index is -0.604. The van der Waals surface area contributed by atoms with Crippen molar-refractivity contribution >= 4 is 34.7 Å². The van der Waals surface area contributed by atoms with Gasteiger partial charge in [0.1, 0.15) is 11.6 Å². The van der Waals surface area contributed by atoms with Crippen LogP contribution in [0.15, 0.2) is 18.2 Å². The third-order valence-electron chi connectivity index (χ3n) is 2.36. The Morgan fingerprint density at radius 3 is 2.43 bits per heavy atom. The van der Waals surface area contributed by atoms with Crippen molar-refractivity contribution in [2.75, 3.05) is 5.43 Å². The van der Waals surface area contributed by atoms with Crippen molar-refractivity contribution in [3.8, 4) is 11.6 Å². The Morgan fingerprint density at radius 1 is 1.29 bits per heavy atom. The largest absolute Gasteiger partial charge is 0.436 e. The van der Waals surface area contributed by atoms with Gasteiger partial charge in [-0.3, -0.25) is 10.1 Å². The second-order valence-electron chi connectivity index (χ2n) is 3.88. The monoisotopic (exact) mass is 329 g/mol. The second-order valence-corrected chi connectivity index (χ2v) is 4.70. The van der Waals surface area contributed by atoms with Crippen LogP contribution < -0.4 is 16.0 Å². The summed E-state index contributed by atoms with van der Waals surface area (Å²) in [6, 6.07) is 3.71. The Balaban J connectivity index is 2.40. The standard InChI is InChI=1S/C11H9Cl2N5O3/c1-5-15-9(17-14)4-10(16-5)21-11-7(12)2-6(18(19)20)3-8(11)13/h2-4H,14H2,1H3,(H,15,16,17). The highest BCUT2D eigenvalue weighted by Gasteiger charge is 2.17. The molecule has 0 bridgehead atoms. The fraction of sp³-hybridized carbons (Fsp3) is 0.0909. The van der Waals surface area contributed by atoms with Crippen LogP contribution >= 0.6 is 23.2 Å². The molecule has 21 heavy (non-hydrogen) atoms. The molecule has 0 amide bonds. The molecule has 0 unspecified atom stereocenters. The first-order valence-corrected chi connectivity index (χ1v) is 6.30. The molecule has 3 N–H and O–H groups in total. The lowest BCUT2D eigenvalue weighted by Gasteiger charge is -2.10. The Bertz CT molecular complexity index is 687. The highest BCUT2D eigenvalue weighted by atomic mass is 35.5. The molecular weight excluding hydrogens is 321 g/mol. The summed E-state index contributed by atoms with van der Waals surface area (Å²) in [7, 11) is 0. The van der Waals surface area contributed by atoms with Gasteiger partial charge >= 0.3 is 0 Å². The quantitative estimate of drug-likeness (QED) is 0.502. The van der Waals surface area contributed by atoms with Crippen LogP contribution in [-0.4, -0.2) is 14.9 Å². The van der Waals surface area contributed by atoms with E-state index in [0.717, 1.165) is 12.1 Å². The van der Waals surface area contributed by atoms with E-state index in [4.69, 9.17) is 33.8 Å². The number of nitrogens with one attached hydrogen (secondary N) is 1. The number of rotatable bonds is 4. The van der Waals surface area contributed by atoms with Crippen molar-refractivity contribution in [3.05, 3.63) is 44.2 Å². The van der Waals surface area contributed by atoms with Crippen LogP contribution in [0.25, 0.3) is 0 Å². The lowest BCUT2D eigenvalue weighted by atomic mass is 10.3. The Hall–Kier alpha value is -2.16. The Morgan fingerprint density at radius 2 is 1.90 bits per heavy atom. The number of anilines is 1. The summed E-state index contributed by atoms with van der Waals surface area (Å²) in [5.74, 6) is 6.23. The van der Waals surface area contributed by atoms with Gasteiger partial charge in [0.25, 0.3) is 5.69 Å². The number of halogens is 2. The molecule has 0 radical (unpaired) electrons. The zero-order valence-electron chi connectivity index (χ0n) is 10.6. The number of nitro benzene ring substituents is 1. The predicted molar refractivity (Wildman–Crippen MR) is 77.8 cm³/mol. The average molecular weight is 330 g/mol. The molecule has 0 spiro atoms. The molecule has 2 aromatic rings. The fourth-order valence-electron chi connectivity index (χ4n) is 1.52. The van der Waals surface area contributed by atoms with E-state index in [1.54, 1.807) is 6.92 Å². The highest BCUT2D eigenvalue weighted by molar-refractivity contribution is 6.37. The fourth-order valence-corrected chi connectivity index (χ4v) is 2.07. The van der Waals surface area contributed by atoms with Crippen LogP contribution in [-0.2, 0) is 0 Å². The molecule has 1 aromatic heterocycles.